The molecule has 0 radical (unpaired) electrons. The first-order chi connectivity index (χ1) is 6.34. The number of carbonyl (C=O) groups is 1. The zero-order valence-electron chi connectivity index (χ0n) is 7.40. The highest BCUT2D eigenvalue weighted by Gasteiger charge is 2.23. The summed E-state index contributed by atoms with van der Waals surface area (Å²) < 4.78 is 4.90. The second-order valence-corrected chi connectivity index (χ2v) is 3.44. The summed E-state index contributed by atoms with van der Waals surface area (Å²) in [7, 11) is 0. The summed E-state index contributed by atoms with van der Waals surface area (Å²) in [4.78, 5) is 10.8. The van der Waals surface area contributed by atoms with E-state index in [0.717, 1.165) is 6.42 Å². The monoisotopic (exact) mass is 176 g/mol. The molecule has 1 aromatic carbocycles. The van der Waals surface area contributed by atoms with Crippen molar-refractivity contribution in [1.82, 2.24) is 0 Å². The van der Waals surface area contributed by atoms with Crippen molar-refractivity contribution in [3.05, 3.63) is 35.9 Å². The van der Waals surface area contributed by atoms with Gasteiger partial charge < -0.3 is 4.74 Å². The van der Waals surface area contributed by atoms with Gasteiger partial charge in [0.2, 0.25) is 0 Å². The molecule has 1 fully saturated rings. The lowest BCUT2D eigenvalue weighted by Crippen LogP contribution is -2.03. The van der Waals surface area contributed by atoms with Gasteiger partial charge in [-0.05, 0) is 12.0 Å². The average Bonchev–Trinajstić information content (AvgIpc) is 2.53. The van der Waals surface area contributed by atoms with Gasteiger partial charge in [0.15, 0.2) is 0 Å². The van der Waals surface area contributed by atoms with Crippen LogP contribution in [0.3, 0.4) is 0 Å². The van der Waals surface area contributed by atoms with E-state index in [2.05, 4.69) is 12.1 Å². The summed E-state index contributed by atoms with van der Waals surface area (Å²) in [6, 6.07) is 10.2. The average molecular weight is 176 g/mol. The number of ether oxygens (including phenoxy) is 1. The molecular weight excluding hydrogens is 164 g/mol. The molecule has 13 heavy (non-hydrogen) atoms. The molecule has 1 aliphatic rings. The van der Waals surface area contributed by atoms with Crippen molar-refractivity contribution in [3.8, 4) is 0 Å². The van der Waals surface area contributed by atoms with Gasteiger partial charge in [0.05, 0.1) is 13.0 Å². The summed E-state index contributed by atoms with van der Waals surface area (Å²) in [5.41, 5.74) is 1.28. The van der Waals surface area contributed by atoms with Crippen LogP contribution in [0.15, 0.2) is 30.3 Å². The summed E-state index contributed by atoms with van der Waals surface area (Å²) in [6.07, 6.45) is 1.53. The summed E-state index contributed by atoms with van der Waals surface area (Å²) in [5, 5.41) is 0. The highest BCUT2D eigenvalue weighted by atomic mass is 16.5. The van der Waals surface area contributed by atoms with Crippen LogP contribution in [0.1, 0.15) is 12.0 Å². The molecule has 0 aliphatic carbocycles. The smallest absolute Gasteiger partial charge is 0.306 e. The van der Waals surface area contributed by atoms with Gasteiger partial charge in [-0.15, -0.1) is 0 Å². The van der Waals surface area contributed by atoms with Gasteiger partial charge in [0.1, 0.15) is 0 Å². The highest BCUT2D eigenvalue weighted by Crippen LogP contribution is 2.18. The standard InChI is InChI=1S/C11H12O2/c12-11-7-10(8-13-11)6-9-4-2-1-3-5-9/h1-5,10H,6-8H2/t10-/m1/s1. The molecule has 0 N–H and O–H groups in total. The Labute approximate surface area is 77.5 Å². The minimum atomic E-state index is -0.0547. The Morgan fingerprint density at radius 1 is 1.31 bits per heavy atom. The molecule has 0 unspecified atom stereocenters. The van der Waals surface area contributed by atoms with Crippen molar-refractivity contribution >= 4 is 5.97 Å². The maximum atomic E-state index is 10.8. The Morgan fingerprint density at radius 2 is 2.08 bits per heavy atom. The quantitative estimate of drug-likeness (QED) is 0.642. The van der Waals surface area contributed by atoms with Crippen molar-refractivity contribution in [2.45, 2.75) is 12.8 Å². The molecule has 0 aromatic heterocycles. The number of rotatable bonds is 2. The van der Waals surface area contributed by atoms with E-state index in [4.69, 9.17) is 4.74 Å². The number of esters is 1. The Kier molecular flexibility index (Phi) is 2.30. The minimum Gasteiger partial charge on any atom is -0.465 e. The maximum Gasteiger partial charge on any atom is 0.306 e. The molecule has 2 heteroatoms. The lowest BCUT2D eigenvalue weighted by atomic mass is 9.99. The van der Waals surface area contributed by atoms with Gasteiger partial charge in [0.25, 0.3) is 0 Å². The Hall–Kier alpha value is -1.31. The fourth-order valence-electron chi connectivity index (χ4n) is 1.64. The molecule has 2 rings (SSSR count). The van der Waals surface area contributed by atoms with Crippen molar-refractivity contribution in [2.24, 2.45) is 5.92 Å². The topological polar surface area (TPSA) is 26.3 Å². The van der Waals surface area contributed by atoms with Crippen LogP contribution in [0.25, 0.3) is 0 Å². The van der Waals surface area contributed by atoms with Gasteiger partial charge >= 0.3 is 5.97 Å². The first kappa shape index (κ1) is 8.30. The van der Waals surface area contributed by atoms with Crippen molar-refractivity contribution in [3.63, 3.8) is 0 Å². The number of cyclic esters (lactones) is 1. The van der Waals surface area contributed by atoms with Crippen LogP contribution in [-0.2, 0) is 16.0 Å². The van der Waals surface area contributed by atoms with Gasteiger partial charge in [-0.1, -0.05) is 30.3 Å². The lowest BCUT2D eigenvalue weighted by Gasteiger charge is -2.04. The second-order valence-electron chi connectivity index (χ2n) is 3.44. The fraction of sp³-hybridized carbons (Fsp3) is 0.364. The summed E-state index contributed by atoms with van der Waals surface area (Å²) in [6.45, 7) is 0.591. The van der Waals surface area contributed by atoms with E-state index in [1.54, 1.807) is 0 Å². The predicted octanol–water partition coefficient (Wildman–Crippen LogP) is 1.79. The normalized spacial score (nSPS) is 21.5. The van der Waals surface area contributed by atoms with Gasteiger partial charge in [-0.3, -0.25) is 4.79 Å². The van der Waals surface area contributed by atoms with Crippen molar-refractivity contribution < 1.29 is 9.53 Å². The number of hydrogen-bond donors (Lipinski definition) is 0. The Balaban J connectivity index is 1.96. The van der Waals surface area contributed by atoms with E-state index in [-0.39, 0.29) is 5.97 Å². The molecule has 0 spiro atoms. The van der Waals surface area contributed by atoms with Gasteiger partial charge in [-0.25, -0.2) is 0 Å². The summed E-state index contributed by atoms with van der Waals surface area (Å²) >= 11 is 0. The van der Waals surface area contributed by atoms with E-state index >= 15 is 0 Å². The van der Waals surface area contributed by atoms with Crippen molar-refractivity contribution in [1.29, 1.82) is 0 Å². The first-order valence-corrected chi connectivity index (χ1v) is 4.54. The third-order valence-electron chi connectivity index (χ3n) is 2.30. The SMILES string of the molecule is O=C1C[C@@H](Cc2ccccc2)CO1. The second kappa shape index (κ2) is 3.60. The van der Waals surface area contributed by atoms with Gasteiger partial charge in [0, 0.05) is 5.92 Å². The minimum absolute atomic E-state index is 0.0547. The van der Waals surface area contributed by atoms with Gasteiger partial charge in [-0.2, -0.15) is 0 Å². The number of benzene rings is 1. The van der Waals surface area contributed by atoms with E-state index < -0.39 is 0 Å². The lowest BCUT2D eigenvalue weighted by molar-refractivity contribution is -0.137. The van der Waals surface area contributed by atoms with Crippen LogP contribution >= 0.6 is 0 Å². The zero-order chi connectivity index (χ0) is 9.10. The fourth-order valence-corrected chi connectivity index (χ4v) is 1.64. The van der Waals surface area contributed by atoms with Crippen LogP contribution in [-0.4, -0.2) is 12.6 Å². The van der Waals surface area contributed by atoms with E-state index in [9.17, 15) is 4.79 Å². The van der Waals surface area contributed by atoms with E-state index in [1.165, 1.54) is 5.56 Å². The third-order valence-corrected chi connectivity index (χ3v) is 2.30. The molecule has 0 bridgehead atoms. The maximum absolute atomic E-state index is 10.8. The van der Waals surface area contributed by atoms with Crippen LogP contribution in [0.4, 0.5) is 0 Å². The third kappa shape index (κ3) is 2.08. The Morgan fingerprint density at radius 3 is 2.69 bits per heavy atom. The summed E-state index contributed by atoms with van der Waals surface area (Å²) in [5.74, 6) is 0.329. The molecule has 0 saturated carbocycles. The van der Waals surface area contributed by atoms with E-state index in [0.29, 0.717) is 18.9 Å². The van der Waals surface area contributed by atoms with E-state index in [1.807, 2.05) is 18.2 Å². The highest BCUT2D eigenvalue weighted by molar-refractivity contribution is 5.71. The Bertz CT molecular complexity index is 292. The first-order valence-electron chi connectivity index (χ1n) is 4.54. The molecular formula is C11H12O2. The van der Waals surface area contributed by atoms with Crippen LogP contribution in [0.5, 0.6) is 0 Å². The van der Waals surface area contributed by atoms with Crippen LogP contribution in [0, 0.1) is 5.92 Å². The zero-order valence-corrected chi connectivity index (χ0v) is 7.40. The number of carbonyl (C=O) groups excluding carboxylic acids is 1. The molecule has 1 aliphatic heterocycles. The molecule has 1 aromatic rings. The van der Waals surface area contributed by atoms with Crippen LogP contribution in [0.2, 0.25) is 0 Å². The molecule has 2 nitrogen and oxygen atoms in total. The predicted molar refractivity (Wildman–Crippen MR) is 49.2 cm³/mol. The van der Waals surface area contributed by atoms with Crippen LogP contribution < -0.4 is 0 Å². The number of hydrogen-bond acceptors (Lipinski definition) is 2. The molecule has 0 amide bonds. The molecule has 1 heterocycles. The molecule has 1 saturated heterocycles. The largest absolute Gasteiger partial charge is 0.465 e. The molecule has 1 atom stereocenters. The molecule has 68 valence electrons. The van der Waals surface area contributed by atoms with Crippen molar-refractivity contribution in [2.75, 3.05) is 6.61 Å².